The van der Waals surface area contributed by atoms with Gasteiger partial charge in [0.1, 0.15) is 0 Å². The molecule has 0 unspecified atom stereocenters. The van der Waals surface area contributed by atoms with Crippen LogP contribution in [0.15, 0.2) is 48.5 Å². The molecule has 2 N–H and O–H groups in total. The molecule has 0 aliphatic rings. The van der Waals surface area contributed by atoms with Crippen molar-refractivity contribution in [2.75, 3.05) is 26.9 Å². The Morgan fingerprint density at radius 1 is 0.923 bits per heavy atom. The molecule has 0 atom stereocenters. The highest BCUT2D eigenvalue weighted by molar-refractivity contribution is 5.85. The van der Waals surface area contributed by atoms with Crippen molar-refractivity contribution in [1.82, 2.24) is 5.32 Å². The average Bonchev–Trinajstić information content (AvgIpc) is 2.66. The Bertz CT molecular complexity index is 607. The van der Waals surface area contributed by atoms with Gasteiger partial charge in [0.25, 0.3) is 0 Å². The zero-order chi connectivity index (χ0) is 17.7. The van der Waals surface area contributed by atoms with Crippen molar-refractivity contribution in [2.24, 2.45) is 0 Å². The van der Waals surface area contributed by atoms with Crippen molar-refractivity contribution in [2.45, 2.75) is 32.2 Å². The van der Waals surface area contributed by atoms with E-state index in [9.17, 15) is 0 Å². The smallest absolute Gasteiger partial charge is 0.161 e. The van der Waals surface area contributed by atoms with Gasteiger partial charge in [-0.05, 0) is 49.1 Å². The molecule has 2 aromatic carbocycles. The highest BCUT2D eigenvalue weighted by atomic mass is 35.5. The first kappa shape index (κ1) is 22.3. The highest BCUT2D eigenvalue weighted by Crippen LogP contribution is 2.28. The first-order valence-electron chi connectivity index (χ1n) is 8.98. The number of halogens is 1. The third-order valence-electron chi connectivity index (χ3n) is 4.06. The average molecular weight is 380 g/mol. The summed E-state index contributed by atoms with van der Waals surface area (Å²) in [6, 6.07) is 16.4. The van der Waals surface area contributed by atoms with E-state index in [2.05, 4.69) is 23.5 Å². The van der Waals surface area contributed by atoms with Gasteiger partial charge in [-0.25, -0.2) is 0 Å². The monoisotopic (exact) mass is 379 g/mol. The molecule has 144 valence electrons. The van der Waals surface area contributed by atoms with Crippen molar-refractivity contribution in [3.63, 3.8) is 0 Å². The zero-order valence-corrected chi connectivity index (χ0v) is 16.3. The fourth-order valence-electron chi connectivity index (χ4n) is 2.64. The van der Waals surface area contributed by atoms with Crippen LogP contribution in [0.1, 0.15) is 30.4 Å². The van der Waals surface area contributed by atoms with Crippen molar-refractivity contribution >= 4 is 12.4 Å². The first-order valence-corrected chi connectivity index (χ1v) is 8.98. The Kier molecular flexibility index (Phi) is 11.5. The topological polar surface area (TPSA) is 50.7 Å². The number of hydrogen-bond acceptors (Lipinski definition) is 4. The maximum absolute atomic E-state index is 8.76. The number of unbranched alkanes of at least 4 members (excludes halogenated alkanes) is 2. The van der Waals surface area contributed by atoms with E-state index in [0.717, 1.165) is 50.3 Å². The standard InChI is InChI=1S/C21H29NO3.ClH/c1-24-21-16-19(17-22-13-6-3-7-14-23)10-11-20(21)25-15-12-18-8-4-2-5-9-18;/h2,4-5,8-11,16,22-23H,3,6-7,12-15,17H2,1H3;1H. The Hall–Kier alpha value is -1.75. The summed E-state index contributed by atoms with van der Waals surface area (Å²) in [6.07, 6.45) is 3.89. The summed E-state index contributed by atoms with van der Waals surface area (Å²) in [5.41, 5.74) is 2.44. The second kappa shape index (κ2) is 13.5. The van der Waals surface area contributed by atoms with Crippen molar-refractivity contribution < 1.29 is 14.6 Å². The lowest BCUT2D eigenvalue weighted by Gasteiger charge is -2.13. The summed E-state index contributed by atoms with van der Waals surface area (Å²) in [6.45, 7) is 2.67. The van der Waals surface area contributed by atoms with Gasteiger partial charge in [-0.15, -0.1) is 12.4 Å². The van der Waals surface area contributed by atoms with E-state index < -0.39 is 0 Å². The van der Waals surface area contributed by atoms with E-state index in [1.807, 2.05) is 30.3 Å². The molecule has 0 spiro atoms. The van der Waals surface area contributed by atoms with Gasteiger partial charge in [0, 0.05) is 19.6 Å². The minimum absolute atomic E-state index is 0. The molecule has 0 aliphatic heterocycles. The fourth-order valence-corrected chi connectivity index (χ4v) is 2.64. The first-order chi connectivity index (χ1) is 12.3. The Balaban J connectivity index is 0.00000338. The SMILES string of the molecule is COc1cc(CNCCCCCO)ccc1OCCc1ccccc1.Cl. The Morgan fingerprint density at radius 2 is 1.73 bits per heavy atom. The Morgan fingerprint density at radius 3 is 2.46 bits per heavy atom. The number of nitrogens with one attached hydrogen (secondary N) is 1. The van der Waals surface area contributed by atoms with Crippen LogP contribution in [0.25, 0.3) is 0 Å². The quantitative estimate of drug-likeness (QED) is 0.547. The molecule has 0 fully saturated rings. The molecule has 0 aromatic heterocycles. The highest BCUT2D eigenvalue weighted by Gasteiger charge is 2.06. The predicted octanol–water partition coefficient (Wildman–Crippen LogP) is 3.99. The normalized spacial score (nSPS) is 10.2. The van der Waals surface area contributed by atoms with E-state index >= 15 is 0 Å². The minimum Gasteiger partial charge on any atom is -0.493 e. The van der Waals surface area contributed by atoms with Gasteiger partial charge in [-0.1, -0.05) is 36.4 Å². The lowest BCUT2D eigenvalue weighted by atomic mass is 10.1. The van der Waals surface area contributed by atoms with Crippen LogP contribution in [0.4, 0.5) is 0 Å². The van der Waals surface area contributed by atoms with E-state index in [1.165, 1.54) is 11.1 Å². The summed E-state index contributed by atoms with van der Waals surface area (Å²) in [5, 5.41) is 12.2. The molecule has 5 heteroatoms. The number of hydrogen-bond donors (Lipinski definition) is 2. The summed E-state index contributed by atoms with van der Waals surface area (Å²) < 4.78 is 11.4. The van der Waals surface area contributed by atoms with Gasteiger partial charge in [-0.2, -0.15) is 0 Å². The van der Waals surface area contributed by atoms with Crippen LogP contribution in [0.3, 0.4) is 0 Å². The van der Waals surface area contributed by atoms with Gasteiger partial charge in [0.2, 0.25) is 0 Å². The molecule has 2 rings (SSSR count). The van der Waals surface area contributed by atoms with E-state index in [4.69, 9.17) is 14.6 Å². The van der Waals surface area contributed by atoms with Gasteiger partial charge in [0.05, 0.1) is 13.7 Å². The molecule has 0 saturated heterocycles. The molecular formula is C21H30ClNO3. The predicted molar refractivity (Wildman–Crippen MR) is 109 cm³/mol. The maximum atomic E-state index is 8.76. The number of methoxy groups -OCH3 is 1. The molecule has 0 aliphatic carbocycles. The van der Waals surface area contributed by atoms with Crippen LogP contribution in [0, 0.1) is 0 Å². The van der Waals surface area contributed by atoms with E-state index in [0.29, 0.717) is 6.61 Å². The Labute approximate surface area is 162 Å². The molecular weight excluding hydrogens is 350 g/mol. The van der Waals surface area contributed by atoms with E-state index in [-0.39, 0.29) is 19.0 Å². The summed E-state index contributed by atoms with van der Waals surface area (Å²) in [4.78, 5) is 0. The summed E-state index contributed by atoms with van der Waals surface area (Å²) in [7, 11) is 1.67. The molecule has 2 aromatic rings. The number of aliphatic hydroxyl groups excluding tert-OH is 1. The van der Waals surface area contributed by atoms with Gasteiger partial charge in [-0.3, -0.25) is 0 Å². The minimum atomic E-state index is 0. The number of aliphatic hydroxyl groups is 1. The maximum Gasteiger partial charge on any atom is 0.161 e. The summed E-state index contributed by atoms with van der Waals surface area (Å²) in [5.74, 6) is 1.55. The van der Waals surface area contributed by atoms with Crippen molar-refractivity contribution in [3.8, 4) is 11.5 Å². The van der Waals surface area contributed by atoms with Crippen molar-refractivity contribution in [1.29, 1.82) is 0 Å². The molecule has 4 nitrogen and oxygen atoms in total. The molecule has 26 heavy (non-hydrogen) atoms. The number of rotatable bonds is 12. The van der Waals surface area contributed by atoms with E-state index in [1.54, 1.807) is 7.11 Å². The van der Waals surface area contributed by atoms with Gasteiger partial charge < -0.3 is 19.9 Å². The number of benzene rings is 2. The molecule has 0 radical (unpaired) electrons. The second-order valence-electron chi connectivity index (χ2n) is 6.03. The third-order valence-corrected chi connectivity index (χ3v) is 4.06. The lowest BCUT2D eigenvalue weighted by molar-refractivity contribution is 0.283. The fraction of sp³-hybridized carbons (Fsp3) is 0.429. The lowest BCUT2D eigenvalue weighted by Crippen LogP contribution is -2.14. The second-order valence-corrected chi connectivity index (χ2v) is 6.03. The van der Waals surface area contributed by atoms with Gasteiger partial charge in [0.15, 0.2) is 11.5 Å². The van der Waals surface area contributed by atoms with Crippen LogP contribution in [0.5, 0.6) is 11.5 Å². The molecule has 0 heterocycles. The molecule has 0 saturated carbocycles. The van der Waals surface area contributed by atoms with Gasteiger partial charge >= 0.3 is 0 Å². The van der Waals surface area contributed by atoms with Crippen molar-refractivity contribution in [3.05, 3.63) is 59.7 Å². The summed E-state index contributed by atoms with van der Waals surface area (Å²) >= 11 is 0. The van der Waals surface area contributed by atoms with Crippen LogP contribution < -0.4 is 14.8 Å². The zero-order valence-electron chi connectivity index (χ0n) is 15.4. The van der Waals surface area contributed by atoms with Crippen LogP contribution in [0.2, 0.25) is 0 Å². The van der Waals surface area contributed by atoms with Crippen LogP contribution in [-0.4, -0.2) is 32.0 Å². The third kappa shape index (κ3) is 8.09. The number of ether oxygens (including phenoxy) is 2. The molecule has 0 bridgehead atoms. The molecule has 0 amide bonds. The van der Waals surface area contributed by atoms with Crippen LogP contribution in [-0.2, 0) is 13.0 Å². The largest absolute Gasteiger partial charge is 0.493 e. The van der Waals surface area contributed by atoms with Crippen LogP contribution >= 0.6 is 12.4 Å².